The number of aryl methyl sites for hydroxylation is 1. The lowest BCUT2D eigenvalue weighted by molar-refractivity contribution is -0.137. The quantitative estimate of drug-likeness (QED) is 0.709. The van der Waals surface area contributed by atoms with Crippen molar-refractivity contribution in [2.75, 3.05) is 0 Å². The number of halogens is 3. The van der Waals surface area contributed by atoms with Crippen molar-refractivity contribution >= 4 is 5.65 Å². The Bertz CT molecular complexity index is 865. The van der Waals surface area contributed by atoms with E-state index in [0.29, 0.717) is 16.9 Å². The average Bonchev–Trinajstić information content (AvgIpc) is 2.85. The first-order valence-electron chi connectivity index (χ1n) is 7.16. The van der Waals surface area contributed by atoms with Crippen molar-refractivity contribution in [2.45, 2.75) is 32.9 Å². The molecule has 0 fully saturated rings. The Balaban J connectivity index is 2.26. The summed E-state index contributed by atoms with van der Waals surface area (Å²) >= 11 is 0. The highest BCUT2D eigenvalue weighted by atomic mass is 19.4. The lowest BCUT2D eigenvalue weighted by Gasteiger charge is -2.10. The predicted octanol–water partition coefficient (Wildman–Crippen LogP) is 4.24. The van der Waals surface area contributed by atoms with E-state index in [2.05, 4.69) is 15.1 Å². The summed E-state index contributed by atoms with van der Waals surface area (Å²) in [6, 6.07) is 4.70. The zero-order valence-electron chi connectivity index (χ0n) is 12.9. The minimum Gasteiger partial charge on any atom is -0.263 e. The maximum atomic E-state index is 12.9. The summed E-state index contributed by atoms with van der Waals surface area (Å²) < 4.78 is 40.5. The van der Waals surface area contributed by atoms with E-state index < -0.39 is 11.7 Å². The van der Waals surface area contributed by atoms with Gasteiger partial charge in [0.25, 0.3) is 0 Å². The van der Waals surface area contributed by atoms with E-state index in [1.54, 1.807) is 10.6 Å². The summed E-state index contributed by atoms with van der Waals surface area (Å²) in [5.41, 5.74) is 2.22. The molecule has 0 saturated carbocycles. The van der Waals surface area contributed by atoms with Gasteiger partial charge >= 0.3 is 6.18 Å². The monoisotopic (exact) mass is 320 g/mol. The molecule has 3 heterocycles. The number of hydrogen-bond acceptors (Lipinski definition) is 3. The van der Waals surface area contributed by atoms with Crippen LogP contribution in [0.25, 0.3) is 16.9 Å². The van der Waals surface area contributed by atoms with E-state index in [9.17, 15) is 13.2 Å². The molecule has 0 amide bonds. The summed E-state index contributed by atoms with van der Waals surface area (Å²) in [6.07, 6.45) is -2.22. The van der Waals surface area contributed by atoms with Gasteiger partial charge in [-0.15, -0.1) is 0 Å². The van der Waals surface area contributed by atoms with Crippen molar-refractivity contribution in [1.29, 1.82) is 0 Å². The molecular formula is C16H15F3N4. The van der Waals surface area contributed by atoms with Gasteiger partial charge in [0.15, 0.2) is 5.65 Å². The second-order valence-electron chi connectivity index (χ2n) is 5.71. The molecule has 23 heavy (non-hydrogen) atoms. The fourth-order valence-corrected chi connectivity index (χ4v) is 2.50. The number of hydrogen-bond donors (Lipinski definition) is 0. The Kier molecular flexibility index (Phi) is 3.58. The van der Waals surface area contributed by atoms with Crippen molar-refractivity contribution in [3.8, 4) is 11.3 Å². The molecule has 3 rings (SSSR count). The summed E-state index contributed by atoms with van der Waals surface area (Å²) in [6.45, 7) is 5.77. The molecule has 3 aromatic rings. The predicted molar refractivity (Wildman–Crippen MR) is 80.0 cm³/mol. The van der Waals surface area contributed by atoms with E-state index in [4.69, 9.17) is 0 Å². The highest BCUT2D eigenvalue weighted by Crippen LogP contribution is 2.34. The average molecular weight is 320 g/mol. The third kappa shape index (κ3) is 2.78. The van der Waals surface area contributed by atoms with Crippen LogP contribution in [0.15, 0.2) is 30.6 Å². The first kappa shape index (κ1) is 15.5. The number of alkyl halides is 3. The molecule has 0 atom stereocenters. The van der Waals surface area contributed by atoms with Gasteiger partial charge < -0.3 is 0 Å². The van der Waals surface area contributed by atoms with Crippen molar-refractivity contribution in [3.05, 3.63) is 47.5 Å². The molecule has 0 spiro atoms. The standard InChI is InChI=1S/C16H15F3N4/c1-9(2)15-14(21-13-5-4-10(3)22-23(13)15)11-6-12(8-20-7-11)16(17,18)19/h4-9H,1-3H3. The summed E-state index contributed by atoms with van der Waals surface area (Å²) in [5.74, 6) is 0.0452. The highest BCUT2D eigenvalue weighted by Gasteiger charge is 2.31. The Morgan fingerprint density at radius 3 is 2.52 bits per heavy atom. The molecule has 0 N–H and O–H groups in total. The van der Waals surface area contributed by atoms with Gasteiger partial charge in [0.05, 0.1) is 22.6 Å². The third-order valence-corrected chi connectivity index (χ3v) is 3.53. The third-order valence-electron chi connectivity index (χ3n) is 3.53. The van der Waals surface area contributed by atoms with Crippen LogP contribution >= 0.6 is 0 Å². The van der Waals surface area contributed by atoms with Crippen molar-refractivity contribution in [2.24, 2.45) is 0 Å². The Morgan fingerprint density at radius 1 is 1.13 bits per heavy atom. The van der Waals surface area contributed by atoms with Gasteiger partial charge in [-0.3, -0.25) is 4.98 Å². The number of pyridine rings is 1. The largest absolute Gasteiger partial charge is 0.417 e. The Labute approximate surface area is 131 Å². The van der Waals surface area contributed by atoms with Crippen LogP contribution in [0.2, 0.25) is 0 Å². The normalized spacial score (nSPS) is 12.3. The van der Waals surface area contributed by atoms with Crippen LogP contribution in [0.3, 0.4) is 0 Å². The van der Waals surface area contributed by atoms with E-state index >= 15 is 0 Å². The van der Waals surface area contributed by atoms with Crippen molar-refractivity contribution in [3.63, 3.8) is 0 Å². The molecule has 0 aromatic carbocycles. The zero-order chi connectivity index (χ0) is 16.8. The van der Waals surface area contributed by atoms with Crippen LogP contribution in [0.5, 0.6) is 0 Å². The fraction of sp³-hybridized carbons (Fsp3) is 0.312. The number of nitrogens with zero attached hydrogens (tertiary/aromatic N) is 4. The molecule has 7 heteroatoms. The van der Waals surface area contributed by atoms with E-state index in [1.165, 1.54) is 6.20 Å². The molecule has 0 saturated heterocycles. The molecule has 120 valence electrons. The van der Waals surface area contributed by atoms with Gasteiger partial charge in [-0.05, 0) is 31.0 Å². The molecule has 0 bridgehead atoms. The number of imidazole rings is 1. The molecule has 3 aromatic heterocycles. The lowest BCUT2D eigenvalue weighted by atomic mass is 10.0. The lowest BCUT2D eigenvalue weighted by Crippen LogP contribution is -2.06. The van der Waals surface area contributed by atoms with Crippen LogP contribution in [0.4, 0.5) is 13.2 Å². The molecule has 0 radical (unpaired) electrons. The van der Waals surface area contributed by atoms with E-state index in [0.717, 1.165) is 23.7 Å². The van der Waals surface area contributed by atoms with Crippen LogP contribution < -0.4 is 0 Å². The first-order chi connectivity index (χ1) is 10.8. The molecule has 0 aliphatic rings. The maximum Gasteiger partial charge on any atom is 0.417 e. The number of rotatable bonds is 2. The van der Waals surface area contributed by atoms with Gasteiger partial charge in [-0.2, -0.15) is 18.3 Å². The fourth-order valence-electron chi connectivity index (χ4n) is 2.50. The molecule has 0 aliphatic carbocycles. The minimum atomic E-state index is -4.44. The van der Waals surface area contributed by atoms with Gasteiger partial charge in [-0.1, -0.05) is 13.8 Å². The topological polar surface area (TPSA) is 43.1 Å². The zero-order valence-corrected chi connectivity index (χ0v) is 12.9. The van der Waals surface area contributed by atoms with E-state index in [1.807, 2.05) is 26.8 Å². The van der Waals surface area contributed by atoms with Gasteiger partial charge in [0.1, 0.15) is 0 Å². The van der Waals surface area contributed by atoms with Crippen molar-refractivity contribution < 1.29 is 13.2 Å². The minimum absolute atomic E-state index is 0.0452. The van der Waals surface area contributed by atoms with E-state index in [-0.39, 0.29) is 5.92 Å². The molecule has 4 nitrogen and oxygen atoms in total. The second-order valence-corrected chi connectivity index (χ2v) is 5.71. The van der Waals surface area contributed by atoms with Crippen LogP contribution in [-0.4, -0.2) is 19.6 Å². The summed E-state index contributed by atoms with van der Waals surface area (Å²) in [5, 5.41) is 4.43. The smallest absolute Gasteiger partial charge is 0.263 e. The highest BCUT2D eigenvalue weighted by molar-refractivity contribution is 5.66. The number of fused-ring (bicyclic) bond motifs is 1. The van der Waals surface area contributed by atoms with Crippen LogP contribution in [0.1, 0.15) is 36.7 Å². The summed E-state index contributed by atoms with van der Waals surface area (Å²) in [4.78, 5) is 8.19. The van der Waals surface area contributed by atoms with Crippen LogP contribution in [-0.2, 0) is 6.18 Å². The molecule has 0 aliphatic heterocycles. The SMILES string of the molecule is Cc1ccc2nc(-c3cncc(C(F)(F)F)c3)c(C(C)C)n2n1. The first-order valence-corrected chi connectivity index (χ1v) is 7.16. The maximum absolute atomic E-state index is 12.9. The Morgan fingerprint density at radius 2 is 1.87 bits per heavy atom. The van der Waals surface area contributed by atoms with Gasteiger partial charge in [-0.25, -0.2) is 9.50 Å². The van der Waals surface area contributed by atoms with Gasteiger partial charge in [0, 0.05) is 18.0 Å². The van der Waals surface area contributed by atoms with Crippen molar-refractivity contribution in [1.82, 2.24) is 19.6 Å². The second kappa shape index (κ2) is 5.33. The van der Waals surface area contributed by atoms with Crippen LogP contribution in [0, 0.1) is 6.92 Å². The molecule has 0 unspecified atom stereocenters. The van der Waals surface area contributed by atoms with Gasteiger partial charge in [0.2, 0.25) is 0 Å². The summed E-state index contributed by atoms with van der Waals surface area (Å²) in [7, 11) is 0. The Hall–Kier alpha value is -2.44. The molecular weight excluding hydrogens is 305 g/mol. The number of aromatic nitrogens is 4.